The lowest BCUT2D eigenvalue weighted by molar-refractivity contribution is -0.140. The molecule has 1 fully saturated rings. The van der Waals surface area contributed by atoms with Gasteiger partial charge >= 0.3 is 12.2 Å². The number of amides is 3. The third-order valence-corrected chi connectivity index (χ3v) is 7.73. The SMILES string of the molecule is CNC(=O)C1(O)CCCN(c2cnc(-c3ccc(F)c(F)c3)cc2Cn2cnc3c(N(C(=O)OC(C)(C)C)C(=O)OC(C)(C)C)ncnc32)C1. The Morgan fingerprint density at radius 2 is 1.66 bits per heavy atom. The van der Waals surface area contributed by atoms with Gasteiger partial charge in [0.15, 0.2) is 34.2 Å². The molecular weight excluding hydrogens is 654 g/mol. The van der Waals surface area contributed by atoms with E-state index in [1.807, 2.05) is 4.90 Å². The number of benzene rings is 1. The van der Waals surface area contributed by atoms with Crippen molar-refractivity contribution in [2.45, 2.75) is 77.7 Å². The number of halogens is 2. The number of imide groups is 1. The van der Waals surface area contributed by atoms with Crippen LogP contribution in [0.25, 0.3) is 22.4 Å². The highest BCUT2D eigenvalue weighted by Gasteiger charge is 2.40. The molecule has 3 aromatic heterocycles. The Balaban J connectivity index is 1.60. The first-order valence-corrected chi connectivity index (χ1v) is 15.9. The molecule has 1 aliphatic rings. The predicted octanol–water partition coefficient (Wildman–Crippen LogP) is 4.97. The van der Waals surface area contributed by atoms with E-state index in [-0.39, 0.29) is 36.5 Å². The third kappa shape index (κ3) is 7.80. The van der Waals surface area contributed by atoms with Gasteiger partial charge in [-0.3, -0.25) is 9.78 Å². The van der Waals surface area contributed by atoms with Gasteiger partial charge in [0, 0.05) is 19.2 Å². The maximum Gasteiger partial charge on any atom is 0.425 e. The highest BCUT2D eigenvalue weighted by molar-refractivity contribution is 6.12. The minimum atomic E-state index is -1.65. The van der Waals surface area contributed by atoms with Crippen LogP contribution in [0.2, 0.25) is 0 Å². The standard InChI is InChI=1S/C34H40F2N8O6/c1-32(2,3)49-30(46)44(31(47)50-33(4,5)6)28-26-27(39-18-40-28)43(19-41-26)16-21-14-24(20-9-10-22(35)23(36)13-20)38-15-25(21)42-12-8-11-34(48,17-42)29(45)37-7/h9-10,13-15,18-19,48H,8,11-12,16-17H2,1-7H3,(H,37,45). The Hall–Kier alpha value is -5.25. The lowest BCUT2D eigenvalue weighted by Gasteiger charge is -2.39. The number of piperidine rings is 1. The molecular formula is C34H40F2N8O6. The Labute approximate surface area is 287 Å². The number of imidazole rings is 1. The highest BCUT2D eigenvalue weighted by atomic mass is 19.2. The first kappa shape index (κ1) is 36.0. The van der Waals surface area contributed by atoms with Crippen molar-refractivity contribution in [3.05, 3.63) is 60.3 Å². The number of aliphatic hydroxyl groups is 1. The summed E-state index contributed by atoms with van der Waals surface area (Å²) < 4.78 is 40.7. The van der Waals surface area contributed by atoms with E-state index < -0.39 is 46.5 Å². The van der Waals surface area contributed by atoms with Crippen molar-refractivity contribution in [3.8, 4) is 11.3 Å². The van der Waals surface area contributed by atoms with Crippen molar-refractivity contribution in [2.75, 3.05) is 29.9 Å². The number of nitrogens with one attached hydrogen (secondary N) is 1. The summed E-state index contributed by atoms with van der Waals surface area (Å²) in [7, 11) is 1.45. The zero-order valence-electron chi connectivity index (χ0n) is 29.0. The molecule has 50 heavy (non-hydrogen) atoms. The van der Waals surface area contributed by atoms with Crippen molar-refractivity contribution >= 4 is 40.8 Å². The molecule has 5 rings (SSSR count). The topological polar surface area (TPSA) is 165 Å². The molecule has 0 saturated carbocycles. The second-order valence-electron chi connectivity index (χ2n) is 14.0. The van der Waals surface area contributed by atoms with Gasteiger partial charge in [-0.2, -0.15) is 4.90 Å². The number of carbonyl (C=O) groups is 3. The van der Waals surface area contributed by atoms with E-state index in [0.29, 0.717) is 40.4 Å². The van der Waals surface area contributed by atoms with Crippen LogP contribution in [0, 0.1) is 11.6 Å². The van der Waals surface area contributed by atoms with Crippen LogP contribution in [0.5, 0.6) is 0 Å². The summed E-state index contributed by atoms with van der Waals surface area (Å²) in [6.45, 7) is 10.5. The summed E-state index contributed by atoms with van der Waals surface area (Å²) in [5.74, 6) is -2.72. The summed E-state index contributed by atoms with van der Waals surface area (Å²) in [5.41, 5.74) is -1.40. The summed E-state index contributed by atoms with van der Waals surface area (Å²) in [6, 6.07) is 5.15. The number of carbonyl (C=O) groups excluding carboxylic acids is 3. The molecule has 1 unspecified atom stereocenters. The molecule has 1 aromatic carbocycles. The number of β-amino-alcohol motifs (C(OH)–C–C–N with tert-alkyl or cyclic N) is 1. The molecule has 14 nitrogen and oxygen atoms in total. The minimum Gasteiger partial charge on any atom is -0.443 e. The minimum absolute atomic E-state index is 0.0242. The highest BCUT2D eigenvalue weighted by Crippen LogP contribution is 2.33. The molecule has 1 aliphatic heterocycles. The Bertz CT molecular complexity index is 1910. The number of aromatic nitrogens is 5. The number of nitrogens with zero attached hydrogens (tertiary/aromatic N) is 7. The largest absolute Gasteiger partial charge is 0.443 e. The Kier molecular flexibility index (Phi) is 9.78. The average Bonchev–Trinajstić information content (AvgIpc) is 3.43. The van der Waals surface area contributed by atoms with Gasteiger partial charge in [-0.1, -0.05) is 0 Å². The zero-order valence-corrected chi connectivity index (χ0v) is 29.0. The number of hydrogen-bond acceptors (Lipinski definition) is 11. The number of anilines is 2. The van der Waals surface area contributed by atoms with Crippen molar-refractivity contribution < 1.29 is 37.7 Å². The van der Waals surface area contributed by atoms with E-state index in [0.717, 1.165) is 12.1 Å². The molecule has 266 valence electrons. The van der Waals surface area contributed by atoms with E-state index in [1.165, 1.54) is 25.8 Å². The maximum absolute atomic E-state index is 14.2. The number of rotatable bonds is 6. The molecule has 1 atom stereocenters. The third-order valence-electron chi connectivity index (χ3n) is 7.73. The first-order chi connectivity index (χ1) is 23.4. The fourth-order valence-electron chi connectivity index (χ4n) is 5.57. The van der Waals surface area contributed by atoms with Crippen molar-refractivity contribution in [1.82, 2.24) is 29.8 Å². The van der Waals surface area contributed by atoms with E-state index >= 15 is 0 Å². The van der Waals surface area contributed by atoms with E-state index in [2.05, 4.69) is 25.3 Å². The fourth-order valence-corrected chi connectivity index (χ4v) is 5.57. The van der Waals surface area contributed by atoms with Crippen LogP contribution < -0.4 is 15.1 Å². The number of fused-ring (bicyclic) bond motifs is 1. The quantitative estimate of drug-likeness (QED) is 0.280. The molecule has 3 amide bonds. The van der Waals surface area contributed by atoms with Crippen LogP contribution >= 0.6 is 0 Å². The second kappa shape index (κ2) is 13.6. The van der Waals surface area contributed by atoms with Crippen LogP contribution in [-0.4, -0.2) is 84.6 Å². The van der Waals surface area contributed by atoms with Crippen LogP contribution in [0.3, 0.4) is 0 Å². The number of ether oxygens (including phenoxy) is 2. The normalized spacial score (nSPS) is 16.6. The van der Waals surface area contributed by atoms with Crippen molar-refractivity contribution in [2.24, 2.45) is 0 Å². The molecule has 1 saturated heterocycles. The molecule has 4 aromatic rings. The lowest BCUT2D eigenvalue weighted by atomic mass is 9.91. The molecule has 4 heterocycles. The first-order valence-electron chi connectivity index (χ1n) is 15.9. The number of pyridine rings is 1. The summed E-state index contributed by atoms with van der Waals surface area (Å²) >= 11 is 0. The van der Waals surface area contributed by atoms with Gasteiger partial charge in [-0.25, -0.2) is 33.3 Å². The zero-order chi connectivity index (χ0) is 36.6. The van der Waals surface area contributed by atoms with Gasteiger partial charge in [0.1, 0.15) is 17.5 Å². The van der Waals surface area contributed by atoms with Gasteiger partial charge in [0.25, 0.3) is 5.91 Å². The summed E-state index contributed by atoms with van der Waals surface area (Å²) in [4.78, 5) is 59.5. The number of hydrogen-bond donors (Lipinski definition) is 2. The maximum atomic E-state index is 14.2. The van der Waals surface area contributed by atoms with Crippen LogP contribution in [0.15, 0.2) is 43.1 Å². The Morgan fingerprint density at radius 3 is 2.28 bits per heavy atom. The monoisotopic (exact) mass is 694 g/mol. The van der Waals surface area contributed by atoms with E-state index in [9.17, 15) is 28.3 Å². The van der Waals surface area contributed by atoms with Gasteiger partial charge in [0.05, 0.1) is 37.0 Å². The van der Waals surface area contributed by atoms with Crippen molar-refractivity contribution in [1.29, 1.82) is 0 Å². The van der Waals surface area contributed by atoms with Crippen LogP contribution in [0.1, 0.15) is 59.9 Å². The smallest absolute Gasteiger partial charge is 0.425 e. The molecule has 2 N–H and O–H groups in total. The average molecular weight is 695 g/mol. The second-order valence-corrected chi connectivity index (χ2v) is 14.0. The summed E-state index contributed by atoms with van der Waals surface area (Å²) in [5, 5.41) is 13.7. The van der Waals surface area contributed by atoms with E-state index in [4.69, 9.17) is 9.47 Å². The molecule has 0 aliphatic carbocycles. The molecule has 16 heteroatoms. The van der Waals surface area contributed by atoms with Gasteiger partial charge < -0.3 is 29.4 Å². The van der Waals surface area contributed by atoms with Crippen LogP contribution in [0.4, 0.5) is 29.9 Å². The van der Waals surface area contributed by atoms with Gasteiger partial charge in [-0.15, -0.1) is 0 Å². The van der Waals surface area contributed by atoms with Crippen LogP contribution in [-0.2, 0) is 20.8 Å². The predicted molar refractivity (Wildman–Crippen MR) is 179 cm³/mol. The van der Waals surface area contributed by atoms with Gasteiger partial charge in [-0.05, 0) is 84.2 Å². The molecule has 0 spiro atoms. The van der Waals surface area contributed by atoms with Crippen molar-refractivity contribution in [3.63, 3.8) is 0 Å². The number of likely N-dealkylation sites (N-methyl/N-ethyl adjacent to an activating group) is 1. The Morgan fingerprint density at radius 1 is 0.980 bits per heavy atom. The lowest BCUT2D eigenvalue weighted by Crippen LogP contribution is -2.56. The van der Waals surface area contributed by atoms with E-state index in [1.54, 1.807) is 58.4 Å². The molecule has 0 radical (unpaired) electrons. The summed E-state index contributed by atoms with van der Waals surface area (Å²) in [6.07, 6.45) is 2.88. The molecule has 0 bridgehead atoms. The van der Waals surface area contributed by atoms with Gasteiger partial charge in [0.2, 0.25) is 0 Å². The fraction of sp³-hybridized carbons (Fsp3) is 0.441.